The summed E-state index contributed by atoms with van der Waals surface area (Å²) in [7, 11) is 0. The molecule has 2 unspecified atom stereocenters. The highest BCUT2D eigenvalue weighted by molar-refractivity contribution is 5.75. The molecule has 3 aliphatic rings. The van der Waals surface area contributed by atoms with E-state index in [1.807, 2.05) is 0 Å². The molecule has 3 rings (SSSR count). The highest BCUT2D eigenvalue weighted by Crippen LogP contribution is 2.43. The van der Waals surface area contributed by atoms with Crippen molar-refractivity contribution in [1.82, 2.24) is 0 Å². The predicted molar refractivity (Wildman–Crippen MR) is 161 cm³/mol. The largest absolute Gasteiger partial charge is 0.493 e. The summed E-state index contributed by atoms with van der Waals surface area (Å²) < 4.78 is 26.4. The third kappa shape index (κ3) is 12.0. The van der Waals surface area contributed by atoms with Crippen molar-refractivity contribution in [3.63, 3.8) is 0 Å². The van der Waals surface area contributed by atoms with Crippen LogP contribution in [-0.2, 0) is 62.2 Å². The average Bonchev–Trinajstić information content (AvgIpc) is 3.03. The monoisotopic (exact) mass is 686 g/mol. The lowest BCUT2D eigenvalue weighted by atomic mass is 10.1. The van der Waals surface area contributed by atoms with Crippen molar-refractivity contribution in [3.8, 4) is 0 Å². The van der Waals surface area contributed by atoms with Gasteiger partial charge < -0.3 is 33.9 Å². The molecule has 48 heavy (non-hydrogen) atoms. The van der Waals surface area contributed by atoms with Crippen LogP contribution in [0, 0.1) is 0 Å². The van der Waals surface area contributed by atoms with Crippen molar-refractivity contribution in [2.75, 3.05) is 0 Å². The van der Waals surface area contributed by atoms with Gasteiger partial charge in [-0.3, -0.25) is 28.9 Å². The minimum Gasteiger partial charge on any atom is -0.413 e. The smallest absolute Gasteiger partial charge is 0.413 e. The number of hydrogen-bond donors (Lipinski definition) is 2. The zero-order valence-corrected chi connectivity index (χ0v) is 27.7. The Labute approximate surface area is 280 Å². The zero-order valence-electron chi connectivity index (χ0n) is 27.7. The summed E-state index contributed by atoms with van der Waals surface area (Å²) in [6, 6.07) is 0. The van der Waals surface area contributed by atoms with Crippen LogP contribution in [0.15, 0.2) is 0 Å². The average molecular weight is 687 g/mol. The highest BCUT2D eigenvalue weighted by atomic mass is 17.3. The molecule has 15 heteroatoms. The number of ether oxygens (including phenoxy) is 5. The lowest BCUT2D eigenvalue weighted by Gasteiger charge is -2.45. The van der Waals surface area contributed by atoms with Crippen molar-refractivity contribution in [3.05, 3.63) is 0 Å². The summed E-state index contributed by atoms with van der Waals surface area (Å²) in [5.74, 6) is -19.3. The molecule has 272 valence electrons. The van der Waals surface area contributed by atoms with Gasteiger partial charge in [-0.15, -0.1) is 0 Å². The Kier molecular flexibility index (Phi) is 16.0. The maximum Gasteiger partial charge on any atom is 0.493 e. The molecule has 1 spiro atoms. The van der Waals surface area contributed by atoms with Crippen LogP contribution >= 0.6 is 0 Å². The second-order valence-corrected chi connectivity index (χ2v) is 12.6. The summed E-state index contributed by atoms with van der Waals surface area (Å²) in [6.07, 6.45) is 7.74. The van der Waals surface area contributed by atoms with E-state index in [1.165, 1.54) is 0 Å². The van der Waals surface area contributed by atoms with Gasteiger partial charge in [-0.2, -0.15) is 0 Å². The molecule has 0 bridgehead atoms. The van der Waals surface area contributed by atoms with E-state index in [9.17, 15) is 39.0 Å². The van der Waals surface area contributed by atoms with E-state index in [4.69, 9.17) is 33.5 Å². The summed E-state index contributed by atoms with van der Waals surface area (Å²) >= 11 is 0. The molecule has 0 aliphatic carbocycles. The molecule has 0 aromatic carbocycles. The Hall–Kier alpha value is -3.30. The highest BCUT2D eigenvalue weighted by Gasteiger charge is 2.80. The fraction of sp³-hybridized carbons (Fsp3) is 0.818. The quantitative estimate of drug-likeness (QED) is 0.220. The van der Waals surface area contributed by atoms with Crippen LogP contribution in [-0.4, -0.2) is 63.8 Å². The van der Waals surface area contributed by atoms with Gasteiger partial charge in [0, 0.05) is 38.5 Å². The minimum atomic E-state index is -4.19. The van der Waals surface area contributed by atoms with Crippen LogP contribution in [0.4, 0.5) is 0 Å². The van der Waals surface area contributed by atoms with Gasteiger partial charge in [-0.1, -0.05) is 81.9 Å². The fourth-order valence-electron chi connectivity index (χ4n) is 5.64. The number of hydrogen-bond acceptors (Lipinski definition) is 15. The molecule has 0 radical (unpaired) electrons. The number of esters is 5. The first kappa shape index (κ1) is 39.1. The van der Waals surface area contributed by atoms with Gasteiger partial charge in [0.05, 0.1) is 0 Å². The molecule has 3 aliphatic heterocycles. The number of cyclic esters (lactones) is 3. The molecule has 2 atom stereocenters. The molecule has 2 N–H and O–H groups in total. The molecular weight excluding hydrogens is 636 g/mol. The number of aliphatic hydroxyl groups is 2. The van der Waals surface area contributed by atoms with Crippen molar-refractivity contribution in [2.24, 2.45) is 0 Å². The van der Waals surface area contributed by atoms with Crippen molar-refractivity contribution >= 4 is 35.8 Å². The number of carbonyl (C=O) groups excluding carboxylic acids is 6. The van der Waals surface area contributed by atoms with E-state index in [2.05, 4.69) is 0 Å². The summed E-state index contributed by atoms with van der Waals surface area (Å²) in [5.41, 5.74) is 0. The van der Waals surface area contributed by atoms with Crippen LogP contribution in [0.2, 0.25) is 0 Å². The topological polar surface area (TPSA) is 207 Å². The van der Waals surface area contributed by atoms with Crippen LogP contribution < -0.4 is 0 Å². The zero-order chi connectivity index (χ0) is 34.9. The molecule has 3 saturated heterocycles. The van der Waals surface area contributed by atoms with E-state index in [0.717, 1.165) is 32.1 Å². The molecule has 3 fully saturated rings. The van der Waals surface area contributed by atoms with Crippen molar-refractivity contribution in [1.29, 1.82) is 0 Å². The van der Waals surface area contributed by atoms with Gasteiger partial charge in [0.25, 0.3) is 0 Å². The van der Waals surface area contributed by atoms with Crippen LogP contribution in [0.25, 0.3) is 0 Å². The summed E-state index contributed by atoms with van der Waals surface area (Å²) in [4.78, 5) is 89.0. The van der Waals surface area contributed by atoms with E-state index >= 15 is 0 Å². The second-order valence-electron chi connectivity index (χ2n) is 12.6. The summed E-state index contributed by atoms with van der Waals surface area (Å²) in [6.45, 7) is 0. The molecular formula is C33H50O15. The molecule has 0 aromatic heterocycles. The fourth-order valence-corrected chi connectivity index (χ4v) is 5.64. The first-order valence-electron chi connectivity index (χ1n) is 17.4. The van der Waals surface area contributed by atoms with Gasteiger partial charge in [0.2, 0.25) is 0 Å². The SMILES string of the molecule is O=C1CCCCCCCCC(=O)OC2(OO1)OC(=O)CCCCCCCCC(=O)OC2(O)C1(O)OC(=O)CCCCCCCCC(=O)O1. The minimum absolute atomic E-state index is 0.218. The Morgan fingerprint density at radius 2 is 0.625 bits per heavy atom. The molecule has 3 heterocycles. The van der Waals surface area contributed by atoms with Crippen molar-refractivity contribution in [2.45, 2.75) is 172 Å². The van der Waals surface area contributed by atoms with E-state index < -0.39 is 60.0 Å². The Morgan fingerprint density at radius 3 is 0.979 bits per heavy atom. The van der Waals surface area contributed by atoms with E-state index in [-0.39, 0.29) is 64.2 Å². The first-order chi connectivity index (χ1) is 23.0. The normalized spacial score (nSPS) is 29.4. The maximum atomic E-state index is 13.3. The van der Waals surface area contributed by atoms with Gasteiger partial charge >= 0.3 is 53.5 Å². The second kappa shape index (κ2) is 19.6. The first-order valence-corrected chi connectivity index (χ1v) is 17.4. The van der Waals surface area contributed by atoms with Crippen LogP contribution in [0.1, 0.15) is 154 Å². The molecule has 0 aromatic rings. The van der Waals surface area contributed by atoms with Gasteiger partial charge in [0.15, 0.2) is 0 Å². The molecule has 0 saturated carbocycles. The van der Waals surface area contributed by atoms with Crippen LogP contribution in [0.5, 0.6) is 0 Å². The van der Waals surface area contributed by atoms with Gasteiger partial charge in [0.1, 0.15) is 0 Å². The standard InChI is InChI=1S/C33H50O15/c34-25-19-13-7-1-4-10-16-22-28(37)45-33(46-29(38)23-17-11-5-6-12-18-24-30(39)47-48-33)31(40,42-25)32(41)43-26(35)20-14-8-2-3-9-15-21-27(36)44-32/h40-41H,1-24H2. The maximum absolute atomic E-state index is 13.3. The van der Waals surface area contributed by atoms with E-state index in [1.54, 1.807) is 0 Å². The van der Waals surface area contributed by atoms with E-state index in [0.29, 0.717) is 51.4 Å². The number of rotatable bonds is 1. The Balaban J connectivity index is 2.23. The molecule has 0 amide bonds. The lowest BCUT2D eigenvalue weighted by molar-refractivity contribution is -0.585. The Morgan fingerprint density at radius 1 is 0.354 bits per heavy atom. The van der Waals surface area contributed by atoms with Crippen molar-refractivity contribution < 1.29 is 72.4 Å². The third-order valence-corrected chi connectivity index (χ3v) is 8.39. The van der Waals surface area contributed by atoms with Gasteiger partial charge in [-0.05, 0) is 38.5 Å². The Bertz CT molecular complexity index is 1060. The van der Waals surface area contributed by atoms with Crippen LogP contribution in [0.3, 0.4) is 0 Å². The molecule has 15 nitrogen and oxygen atoms in total. The lowest BCUT2D eigenvalue weighted by Crippen LogP contribution is -2.75. The number of carbonyl (C=O) groups is 6. The summed E-state index contributed by atoms with van der Waals surface area (Å²) in [5, 5.41) is 24.4. The predicted octanol–water partition coefficient (Wildman–Crippen LogP) is 4.57. The third-order valence-electron chi connectivity index (χ3n) is 8.39. The van der Waals surface area contributed by atoms with Gasteiger partial charge in [-0.25, -0.2) is 4.79 Å².